The maximum atomic E-state index is 9.90. The lowest BCUT2D eigenvalue weighted by Crippen LogP contribution is -2.60. The highest BCUT2D eigenvalue weighted by Crippen LogP contribution is 2.34. The fourth-order valence-corrected chi connectivity index (χ4v) is 1.77. The lowest BCUT2D eigenvalue weighted by Gasteiger charge is -2.37. The first kappa shape index (κ1) is 13.0. The Morgan fingerprint density at radius 1 is 1.11 bits per heavy atom. The Hall–Kier alpha value is -1.48. The van der Waals surface area contributed by atoms with Crippen LogP contribution in [0.5, 0.6) is 0 Å². The molecule has 0 bridgehead atoms. The molecular formula is C11H14N2O5. The topological polar surface area (TPSA) is 120 Å². The van der Waals surface area contributed by atoms with E-state index in [9.17, 15) is 20.4 Å². The molecule has 1 heterocycles. The molecular weight excluding hydrogens is 240 g/mol. The van der Waals surface area contributed by atoms with E-state index >= 15 is 0 Å². The molecule has 98 valence electrons. The molecule has 0 unspecified atom stereocenters. The van der Waals surface area contributed by atoms with E-state index in [0.717, 1.165) is 7.05 Å². The number of benzene rings is 1. The molecule has 2 rings (SSSR count). The Morgan fingerprint density at radius 2 is 1.72 bits per heavy atom. The molecule has 0 saturated carbocycles. The number of hydrogen-bond acceptors (Lipinski definition) is 6. The van der Waals surface area contributed by atoms with E-state index in [1.807, 2.05) is 0 Å². The van der Waals surface area contributed by atoms with Crippen molar-refractivity contribution in [3.05, 3.63) is 36.0 Å². The summed E-state index contributed by atoms with van der Waals surface area (Å²) in [7, 11) is 0.885. The molecule has 1 aromatic heterocycles. The number of nitrogens with one attached hydrogen (secondary N) is 1. The molecule has 6 N–H and O–H groups in total. The molecule has 7 heteroatoms. The quantitative estimate of drug-likeness (QED) is 0.317. The highest BCUT2D eigenvalue weighted by atomic mass is 16.7. The van der Waals surface area contributed by atoms with E-state index in [0.29, 0.717) is 10.9 Å². The predicted molar refractivity (Wildman–Crippen MR) is 61.1 cm³/mol. The number of rotatable bonds is 3. The van der Waals surface area contributed by atoms with Gasteiger partial charge in [-0.3, -0.25) is 0 Å². The van der Waals surface area contributed by atoms with Crippen molar-refractivity contribution < 1.29 is 25.6 Å². The van der Waals surface area contributed by atoms with E-state index in [2.05, 4.69) is 4.98 Å². The third-order valence-electron chi connectivity index (χ3n) is 2.88. The van der Waals surface area contributed by atoms with Gasteiger partial charge >= 0.3 is 5.91 Å². The first-order chi connectivity index (χ1) is 8.28. The standard InChI is InChI=1S/C11H14N2O5/c1-13(18)11(16,17)10(14,15)8-6-12-9-5-3-2-4-7(8)9/h2-6,12,14-18H,1H3. The van der Waals surface area contributed by atoms with Gasteiger partial charge in [-0.25, -0.2) is 0 Å². The summed E-state index contributed by atoms with van der Waals surface area (Å²) in [5.74, 6) is -6.33. The molecule has 0 fully saturated rings. The number of aromatic amines is 1. The summed E-state index contributed by atoms with van der Waals surface area (Å²) in [6.07, 6.45) is 1.23. The number of hydroxylamine groups is 2. The largest absolute Gasteiger partial charge is 0.361 e. The van der Waals surface area contributed by atoms with E-state index in [1.54, 1.807) is 24.3 Å². The fraction of sp³-hybridized carbons (Fsp3) is 0.273. The van der Waals surface area contributed by atoms with Crippen LogP contribution in [-0.4, -0.2) is 48.6 Å². The minimum Gasteiger partial charge on any atom is -0.361 e. The van der Waals surface area contributed by atoms with Crippen LogP contribution in [0.2, 0.25) is 0 Å². The Bertz CT molecular complexity index is 561. The van der Waals surface area contributed by atoms with Gasteiger partial charge in [-0.15, -0.1) is 5.06 Å². The zero-order valence-corrected chi connectivity index (χ0v) is 9.57. The molecule has 0 amide bonds. The molecule has 7 nitrogen and oxygen atoms in total. The summed E-state index contributed by atoms with van der Waals surface area (Å²) in [5.41, 5.74) is 0.431. The lowest BCUT2D eigenvalue weighted by atomic mass is 10.0. The molecule has 0 aliphatic carbocycles. The summed E-state index contributed by atoms with van der Waals surface area (Å²) >= 11 is 0. The molecule has 2 aromatic rings. The zero-order chi connectivity index (χ0) is 13.6. The third-order valence-corrected chi connectivity index (χ3v) is 2.88. The van der Waals surface area contributed by atoms with Gasteiger partial charge in [0.1, 0.15) is 0 Å². The zero-order valence-electron chi connectivity index (χ0n) is 9.57. The van der Waals surface area contributed by atoms with Crippen LogP contribution < -0.4 is 0 Å². The van der Waals surface area contributed by atoms with Crippen molar-refractivity contribution in [1.29, 1.82) is 0 Å². The minimum absolute atomic E-state index is 0.0885. The number of para-hydroxylation sites is 1. The Morgan fingerprint density at radius 3 is 2.33 bits per heavy atom. The van der Waals surface area contributed by atoms with Gasteiger partial charge < -0.3 is 30.6 Å². The van der Waals surface area contributed by atoms with Crippen LogP contribution in [0.4, 0.5) is 0 Å². The average molecular weight is 254 g/mol. The van der Waals surface area contributed by atoms with Crippen LogP contribution in [0.25, 0.3) is 10.9 Å². The van der Waals surface area contributed by atoms with Gasteiger partial charge in [-0.1, -0.05) is 18.2 Å². The van der Waals surface area contributed by atoms with Crippen LogP contribution in [0.15, 0.2) is 30.5 Å². The number of aliphatic hydroxyl groups is 4. The van der Waals surface area contributed by atoms with Gasteiger partial charge in [0.15, 0.2) is 0 Å². The Labute approximate surface area is 102 Å². The summed E-state index contributed by atoms with van der Waals surface area (Å²) in [6.45, 7) is 0. The van der Waals surface area contributed by atoms with Gasteiger partial charge in [0.2, 0.25) is 0 Å². The van der Waals surface area contributed by atoms with Crippen molar-refractivity contribution in [2.45, 2.75) is 11.7 Å². The average Bonchev–Trinajstić information content (AvgIpc) is 2.72. The van der Waals surface area contributed by atoms with Gasteiger partial charge in [0.05, 0.1) is 0 Å². The molecule has 0 radical (unpaired) electrons. The van der Waals surface area contributed by atoms with E-state index in [-0.39, 0.29) is 10.6 Å². The first-order valence-corrected chi connectivity index (χ1v) is 5.17. The second kappa shape index (κ2) is 4.02. The Kier molecular flexibility index (Phi) is 2.90. The van der Waals surface area contributed by atoms with Gasteiger partial charge in [0.25, 0.3) is 5.79 Å². The monoisotopic (exact) mass is 254 g/mol. The summed E-state index contributed by atoms with van der Waals surface area (Å²) < 4.78 is 0. The van der Waals surface area contributed by atoms with Crippen molar-refractivity contribution in [2.75, 3.05) is 7.05 Å². The summed E-state index contributed by atoms with van der Waals surface area (Å²) in [5, 5.41) is 48.3. The number of H-pyrrole nitrogens is 1. The third kappa shape index (κ3) is 1.70. The predicted octanol–water partition coefficient (Wildman–Crippen LogP) is -0.735. The van der Waals surface area contributed by atoms with E-state index in [4.69, 9.17) is 5.21 Å². The number of hydrogen-bond donors (Lipinski definition) is 6. The van der Waals surface area contributed by atoms with Crippen LogP contribution in [0, 0.1) is 0 Å². The smallest absolute Gasteiger partial charge is 0.308 e. The first-order valence-electron chi connectivity index (χ1n) is 5.17. The van der Waals surface area contributed by atoms with Crippen molar-refractivity contribution in [3.63, 3.8) is 0 Å². The number of nitrogens with zero attached hydrogens (tertiary/aromatic N) is 1. The fourth-order valence-electron chi connectivity index (χ4n) is 1.77. The maximum absolute atomic E-state index is 9.90. The Balaban J connectivity index is 2.60. The molecule has 0 aliphatic rings. The van der Waals surface area contributed by atoms with Gasteiger partial charge in [0, 0.05) is 29.7 Å². The molecule has 18 heavy (non-hydrogen) atoms. The normalized spacial score (nSPS) is 13.5. The van der Waals surface area contributed by atoms with Crippen molar-refractivity contribution >= 4 is 10.9 Å². The van der Waals surface area contributed by atoms with E-state index < -0.39 is 11.7 Å². The summed E-state index contributed by atoms with van der Waals surface area (Å²) in [4.78, 5) is 2.76. The van der Waals surface area contributed by atoms with Crippen molar-refractivity contribution in [3.8, 4) is 0 Å². The van der Waals surface area contributed by atoms with Crippen LogP contribution in [0.1, 0.15) is 5.56 Å². The number of likely N-dealkylation sites (N-methyl/N-ethyl adjacent to an activating group) is 1. The molecule has 0 aliphatic heterocycles. The minimum atomic E-state index is -3.25. The van der Waals surface area contributed by atoms with Crippen LogP contribution in [-0.2, 0) is 5.79 Å². The maximum Gasteiger partial charge on any atom is 0.308 e. The molecule has 1 aromatic carbocycles. The van der Waals surface area contributed by atoms with Gasteiger partial charge in [-0.05, 0) is 6.07 Å². The molecule has 0 atom stereocenters. The second-order valence-corrected chi connectivity index (χ2v) is 4.08. The second-order valence-electron chi connectivity index (χ2n) is 4.08. The number of fused-ring (bicyclic) bond motifs is 1. The van der Waals surface area contributed by atoms with Gasteiger partial charge in [-0.2, -0.15) is 0 Å². The van der Waals surface area contributed by atoms with E-state index in [1.165, 1.54) is 6.20 Å². The van der Waals surface area contributed by atoms with Crippen molar-refractivity contribution in [1.82, 2.24) is 10.0 Å². The van der Waals surface area contributed by atoms with Crippen LogP contribution in [0.3, 0.4) is 0 Å². The van der Waals surface area contributed by atoms with Crippen molar-refractivity contribution in [2.24, 2.45) is 0 Å². The molecule has 0 spiro atoms. The molecule has 0 saturated heterocycles. The SMILES string of the molecule is CN(O)C(O)(O)C(O)(O)c1c[nH]c2ccccc12. The van der Waals surface area contributed by atoms with Crippen LogP contribution >= 0.6 is 0 Å². The number of aromatic nitrogens is 1. The highest BCUT2D eigenvalue weighted by Gasteiger charge is 2.53. The lowest BCUT2D eigenvalue weighted by molar-refractivity contribution is -0.464. The summed E-state index contributed by atoms with van der Waals surface area (Å²) in [6, 6.07) is 6.67. The highest BCUT2D eigenvalue weighted by molar-refractivity contribution is 5.83.